The number of benzene rings is 3. The van der Waals surface area contributed by atoms with Gasteiger partial charge in [-0.2, -0.15) is 0 Å². The number of carbonyl (C=O) groups is 2. The maximum Gasteiger partial charge on any atom is 0.304 e. The molecule has 0 bridgehead atoms. The fourth-order valence-electron chi connectivity index (χ4n) is 6.39. The highest BCUT2D eigenvalue weighted by molar-refractivity contribution is 7.91. The number of amides is 1. The van der Waals surface area contributed by atoms with Crippen LogP contribution < -0.4 is 0 Å². The van der Waals surface area contributed by atoms with E-state index in [0.29, 0.717) is 22.9 Å². The highest BCUT2D eigenvalue weighted by Crippen LogP contribution is 2.55. The summed E-state index contributed by atoms with van der Waals surface area (Å²) in [7, 11) is -3.76. The summed E-state index contributed by atoms with van der Waals surface area (Å²) in [5.74, 6) is -1.94. The van der Waals surface area contributed by atoms with Crippen molar-refractivity contribution in [3.05, 3.63) is 100 Å². The van der Waals surface area contributed by atoms with Gasteiger partial charge >= 0.3 is 5.97 Å². The van der Waals surface area contributed by atoms with E-state index in [-0.39, 0.29) is 34.8 Å². The number of hydrogen-bond acceptors (Lipinski definition) is 4. The van der Waals surface area contributed by atoms with Gasteiger partial charge in [0.1, 0.15) is 0 Å². The number of carbonyl (C=O) groups excluding carboxylic acids is 1. The van der Waals surface area contributed by atoms with Crippen LogP contribution in [0, 0.1) is 11.3 Å². The molecule has 6 nitrogen and oxygen atoms in total. The molecule has 9 heteroatoms. The number of sulfone groups is 1. The molecule has 216 valence electrons. The molecular formula is C32H33Cl2NO5S. The number of carboxylic acid groups (broad SMARTS) is 1. The molecule has 1 unspecified atom stereocenters. The van der Waals surface area contributed by atoms with Gasteiger partial charge in [0.05, 0.1) is 28.5 Å². The highest BCUT2D eigenvalue weighted by atomic mass is 35.5. The SMILES string of the molecule is CC[C@]1(CC(=O)O)C[C@H](c2cccc(Cl)c2)[C@@H](c2ccc(Cl)cc2)N(C(CS(=O)(=O)c2ccccc2)C2CC2)C1=O. The van der Waals surface area contributed by atoms with Crippen molar-refractivity contribution in [3.8, 4) is 0 Å². The number of halogens is 2. The Balaban J connectivity index is 1.71. The molecule has 3 aromatic rings. The van der Waals surface area contributed by atoms with Crippen molar-refractivity contribution in [3.63, 3.8) is 0 Å². The van der Waals surface area contributed by atoms with E-state index in [2.05, 4.69) is 0 Å². The van der Waals surface area contributed by atoms with Crippen molar-refractivity contribution in [1.29, 1.82) is 0 Å². The van der Waals surface area contributed by atoms with Gasteiger partial charge in [0.2, 0.25) is 5.91 Å². The minimum Gasteiger partial charge on any atom is -0.481 e. The average Bonchev–Trinajstić information content (AvgIpc) is 3.79. The number of carboxylic acids is 1. The highest BCUT2D eigenvalue weighted by Gasteiger charge is 2.56. The van der Waals surface area contributed by atoms with Crippen molar-refractivity contribution in [1.82, 2.24) is 4.90 Å². The maximum atomic E-state index is 14.7. The fraction of sp³-hybridized carbons (Fsp3) is 0.375. The monoisotopic (exact) mass is 613 g/mol. The zero-order valence-corrected chi connectivity index (χ0v) is 25.1. The van der Waals surface area contributed by atoms with Gasteiger partial charge in [0, 0.05) is 22.0 Å². The summed E-state index contributed by atoms with van der Waals surface area (Å²) >= 11 is 12.7. The number of nitrogens with zero attached hydrogens (tertiary/aromatic N) is 1. The summed E-state index contributed by atoms with van der Waals surface area (Å²) in [6, 6.07) is 21.8. The van der Waals surface area contributed by atoms with Crippen LogP contribution in [-0.2, 0) is 19.4 Å². The lowest BCUT2D eigenvalue weighted by Gasteiger charge is -2.53. The van der Waals surface area contributed by atoms with Gasteiger partial charge in [-0.3, -0.25) is 9.59 Å². The Morgan fingerprint density at radius 2 is 1.66 bits per heavy atom. The van der Waals surface area contributed by atoms with Crippen LogP contribution in [0.25, 0.3) is 0 Å². The van der Waals surface area contributed by atoms with Gasteiger partial charge in [-0.1, -0.05) is 72.6 Å². The second kappa shape index (κ2) is 11.8. The van der Waals surface area contributed by atoms with Crippen LogP contribution in [-0.4, -0.2) is 42.1 Å². The Kier molecular flexibility index (Phi) is 8.51. The zero-order valence-electron chi connectivity index (χ0n) is 22.7. The first-order valence-corrected chi connectivity index (χ1v) is 16.3. The predicted octanol–water partition coefficient (Wildman–Crippen LogP) is 7.17. The Morgan fingerprint density at radius 3 is 2.24 bits per heavy atom. The molecule has 1 amide bonds. The molecule has 1 saturated carbocycles. The van der Waals surface area contributed by atoms with Crippen LogP contribution in [0.15, 0.2) is 83.8 Å². The quantitative estimate of drug-likeness (QED) is 0.261. The van der Waals surface area contributed by atoms with E-state index in [1.54, 1.807) is 53.4 Å². The lowest BCUT2D eigenvalue weighted by atomic mass is 9.65. The summed E-state index contributed by atoms with van der Waals surface area (Å²) in [4.78, 5) is 28.9. The Hall–Kier alpha value is -2.87. The molecule has 1 N–H and O–H groups in total. The van der Waals surface area contributed by atoms with Crippen molar-refractivity contribution < 1.29 is 23.1 Å². The van der Waals surface area contributed by atoms with Crippen molar-refractivity contribution in [2.45, 2.75) is 61.9 Å². The minimum absolute atomic E-state index is 0.00951. The molecule has 3 aromatic carbocycles. The van der Waals surface area contributed by atoms with Crippen molar-refractivity contribution in [2.75, 3.05) is 5.75 Å². The molecule has 1 aliphatic carbocycles. The Morgan fingerprint density at radius 1 is 0.976 bits per heavy atom. The van der Waals surface area contributed by atoms with E-state index in [0.717, 1.165) is 24.0 Å². The minimum atomic E-state index is -3.76. The van der Waals surface area contributed by atoms with Gasteiger partial charge in [-0.15, -0.1) is 0 Å². The van der Waals surface area contributed by atoms with Crippen LogP contribution in [0.2, 0.25) is 10.0 Å². The molecule has 2 aliphatic rings. The lowest BCUT2D eigenvalue weighted by Crippen LogP contribution is -2.58. The molecule has 2 fully saturated rings. The summed E-state index contributed by atoms with van der Waals surface area (Å²) in [6.45, 7) is 1.84. The van der Waals surface area contributed by atoms with E-state index < -0.39 is 33.3 Å². The Bertz CT molecular complexity index is 1530. The predicted molar refractivity (Wildman–Crippen MR) is 160 cm³/mol. The fourth-order valence-corrected chi connectivity index (χ4v) is 8.36. The average molecular weight is 615 g/mol. The summed E-state index contributed by atoms with van der Waals surface area (Å²) in [5, 5.41) is 11.0. The number of aliphatic carboxylic acids is 1. The van der Waals surface area contributed by atoms with Crippen LogP contribution in [0.3, 0.4) is 0 Å². The van der Waals surface area contributed by atoms with E-state index in [1.165, 1.54) is 0 Å². The zero-order chi connectivity index (χ0) is 29.4. The molecule has 1 aliphatic heterocycles. The second-order valence-electron chi connectivity index (χ2n) is 11.3. The maximum absolute atomic E-state index is 14.7. The molecule has 41 heavy (non-hydrogen) atoms. The van der Waals surface area contributed by atoms with Crippen LogP contribution in [0.5, 0.6) is 0 Å². The molecular weight excluding hydrogens is 581 g/mol. The summed E-state index contributed by atoms with van der Waals surface area (Å²) in [5.41, 5.74) is 0.486. The molecule has 4 atom stereocenters. The molecule has 5 rings (SSSR count). The number of rotatable bonds is 10. The van der Waals surface area contributed by atoms with Gasteiger partial charge < -0.3 is 10.0 Å². The second-order valence-corrected chi connectivity index (χ2v) is 14.2. The first-order chi connectivity index (χ1) is 19.5. The third-order valence-electron chi connectivity index (χ3n) is 8.65. The third kappa shape index (κ3) is 6.18. The molecule has 0 spiro atoms. The first-order valence-electron chi connectivity index (χ1n) is 13.9. The van der Waals surface area contributed by atoms with Crippen LogP contribution >= 0.6 is 23.2 Å². The van der Waals surface area contributed by atoms with E-state index >= 15 is 0 Å². The van der Waals surface area contributed by atoms with Crippen LogP contribution in [0.4, 0.5) is 0 Å². The van der Waals surface area contributed by atoms with E-state index in [9.17, 15) is 23.1 Å². The Labute approximate surface area is 251 Å². The van der Waals surface area contributed by atoms with Gasteiger partial charge in [0.25, 0.3) is 0 Å². The molecule has 1 saturated heterocycles. The lowest BCUT2D eigenvalue weighted by molar-refractivity contribution is -0.162. The smallest absolute Gasteiger partial charge is 0.304 e. The number of piperidine rings is 1. The summed E-state index contributed by atoms with van der Waals surface area (Å²) < 4.78 is 27.5. The van der Waals surface area contributed by atoms with E-state index in [1.807, 2.05) is 37.3 Å². The van der Waals surface area contributed by atoms with E-state index in [4.69, 9.17) is 23.2 Å². The van der Waals surface area contributed by atoms with Crippen molar-refractivity contribution in [2.24, 2.45) is 11.3 Å². The van der Waals surface area contributed by atoms with Crippen molar-refractivity contribution >= 4 is 44.9 Å². The number of hydrogen-bond donors (Lipinski definition) is 1. The van der Waals surface area contributed by atoms with Gasteiger partial charge in [-0.25, -0.2) is 8.42 Å². The van der Waals surface area contributed by atoms with Gasteiger partial charge in [-0.05, 0) is 79.1 Å². The topological polar surface area (TPSA) is 91.8 Å². The summed E-state index contributed by atoms with van der Waals surface area (Å²) in [6.07, 6.45) is 1.85. The first kappa shape index (κ1) is 29.6. The third-order valence-corrected chi connectivity index (χ3v) is 10.9. The largest absolute Gasteiger partial charge is 0.481 e. The molecule has 0 radical (unpaired) electrons. The van der Waals surface area contributed by atoms with Crippen LogP contribution in [0.1, 0.15) is 62.1 Å². The molecule has 0 aromatic heterocycles. The normalized spacial score (nSPS) is 23.8. The van der Waals surface area contributed by atoms with Gasteiger partial charge in [0.15, 0.2) is 9.84 Å². The number of likely N-dealkylation sites (tertiary alicyclic amines) is 1. The standard InChI is InChI=1S/C32H33Cl2NO5S/c1-2-32(19-29(36)37)18-27(23-7-6-8-25(34)17-23)30(22-13-15-24(33)16-14-22)35(31(32)38)28(21-11-12-21)20-41(39,40)26-9-4-3-5-10-26/h3-10,13-17,21,27-28,30H,2,11-12,18-20H2,1H3,(H,36,37)/t27-,28?,30-,32-/m1/s1. The molecule has 1 heterocycles.